The van der Waals surface area contributed by atoms with Crippen molar-refractivity contribution in [3.05, 3.63) is 70.8 Å². The van der Waals surface area contributed by atoms with E-state index in [1.54, 1.807) is 0 Å². The highest BCUT2D eigenvalue weighted by Gasteiger charge is 2.14. The number of hydrogen-bond donors (Lipinski definition) is 2. The summed E-state index contributed by atoms with van der Waals surface area (Å²) in [5, 5.41) is 16.9. The second-order valence-electron chi connectivity index (χ2n) is 6.71. The van der Waals surface area contributed by atoms with Crippen LogP contribution in [0.3, 0.4) is 0 Å². The zero-order valence-electron chi connectivity index (χ0n) is 19.8. The average Bonchev–Trinajstić information content (AvgIpc) is 2.90. The Kier molecular flexibility index (Phi) is 13.1. The topological polar surface area (TPSA) is 189 Å². The molecule has 2 aromatic rings. The number of aromatic carboxylic acids is 2. The summed E-state index contributed by atoms with van der Waals surface area (Å²) >= 11 is 0. The van der Waals surface area contributed by atoms with E-state index in [9.17, 15) is 28.8 Å². The van der Waals surface area contributed by atoms with Gasteiger partial charge in [-0.2, -0.15) is 0 Å². The molecule has 2 aromatic carbocycles. The first-order valence-electron chi connectivity index (χ1n) is 10.3. The second-order valence-corrected chi connectivity index (χ2v) is 6.71. The molecule has 0 saturated carbocycles. The molecule has 2 N–H and O–H groups in total. The van der Waals surface area contributed by atoms with Crippen LogP contribution in [0.5, 0.6) is 0 Å². The van der Waals surface area contributed by atoms with Crippen molar-refractivity contribution in [3.63, 3.8) is 0 Å². The number of hydrogen-bond acceptors (Lipinski definition) is 11. The summed E-state index contributed by atoms with van der Waals surface area (Å²) in [6.07, 6.45) is 0. The molecule has 198 valence electrons. The number of methoxy groups -OCH3 is 2. The van der Waals surface area contributed by atoms with Gasteiger partial charge in [-0.05, 0) is 48.5 Å². The van der Waals surface area contributed by atoms with Crippen molar-refractivity contribution in [2.45, 2.75) is 0 Å². The van der Waals surface area contributed by atoms with Crippen molar-refractivity contribution in [2.75, 3.05) is 40.6 Å². The summed E-state index contributed by atoms with van der Waals surface area (Å²) < 4.78 is 23.3. The molecule has 0 aliphatic rings. The van der Waals surface area contributed by atoms with E-state index in [-0.39, 0.29) is 35.5 Å². The molecule has 0 radical (unpaired) electrons. The largest absolute Gasteiger partial charge is 0.478 e. The third-order valence-electron chi connectivity index (χ3n) is 4.16. The van der Waals surface area contributed by atoms with E-state index in [1.165, 1.54) is 62.8 Å². The van der Waals surface area contributed by atoms with Gasteiger partial charge < -0.3 is 33.9 Å². The number of carbonyl (C=O) groups excluding carboxylic acids is 4. The molecule has 13 nitrogen and oxygen atoms in total. The molecule has 0 atom stereocenters. The van der Waals surface area contributed by atoms with Crippen LogP contribution in [0.15, 0.2) is 48.5 Å². The predicted octanol–water partition coefficient (Wildman–Crippen LogP) is 1.45. The van der Waals surface area contributed by atoms with Crippen LogP contribution in [0, 0.1) is 0 Å². The zero-order valence-corrected chi connectivity index (χ0v) is 19.8. The zero-order chi connectivity index (χ0) is 27.8. The molecule has 0 fully saturated rings. The molecular formula is C24H24O13. The van der Waals surface area contributed by atoms with E-state index in [0.717, 1.165) is 0 Å². The Balaban J connectivity index is 0.000000474. The van der Waals surface area contributed by atoms with Crippen LogP contribution in [0.25, 0.3) is 0 Å². The minimum absolute atomic E-state index is 0.0647. The highest BCUT2D eigenvalue weighted by molar-refractivity contribution is 5.94. The fourth-order valence-corrected chi connectivity index (χ4v) is 2.25. The highest BCUT2D eigenvalue weighted by atomic mass is 16.6. The van der Waals surface area contributed by atoms with Crippen LogP contribution < -0.4 is 0 Å². The fourth-order valence-electron chi connectivity index (χ4n) is 2.25. The molecule has 37 heavy (non-hydrogen) atoms. The summed E-state index contributed by atoms with van der Waals surface area (Å²) in [4.78, 5) is 66.3. The molecule has 0 heterocycles. The predicted molar refractivity (Wildman–Crippen MR) is 122 cm³/mol. The number of benzene rings is 2. The van der Waals surface area contributed by atoms with Gasteiger partial charge in [-0.15, -0.1) is 0 Å². The monoisotopic (exact) mass is 520 g/mol. The van der Waals surface area contributed by atoms with Gasteiger partial charge >= 0.3 is 35.8 Å². The molecule has 0 saturated heterocycles. The maximum atomic E-state index is 11.8. The molecule has 0 aliphatic heterocycles. The van der Waals surface area contributed by atoms with Crippen molar-refractivity contribution in [3.8, 4) is 0 Å². The van der Waals surface area contributed by atoms with E-state index in [2.05, 4.69) is 4.74 Å². The van der Waals surface area contributed by atoms with Crippen molar-refractivity contribution in [1.29, 1.82) is 0 Å². The lowest BCUT2D eigenvalue weighted by Gasteiger charge is -2.06. The van der Waals surface area contributed by atoms with Gasteiger partial charge in [0.05, 0.1) is 36.0 Å². The molecule has 0 amide bonds. The first-order valence-corrected chi connectivity index (χ1v) is 10.3. The third kappa shape index (κ3) is 11.5. The van der Waals surface area contributed by atoms with Crippen molar-refractivity contribution in [2.24, 2.45) is 0 Å². The van der Waals surface area contributed by atoms with E-state index < -0.39 is 49.0 Å². The SMILES string of the molecule is COCCOC(=O)COC(=O)c1ccc(C(=O)OCC(=O)OC)cc1.O=C(O)c1ccc(C(=O)O)cc1. The Bertz CT molecular complexity index is 1060. The van der Waals surface area contributed by atoms with Gasteiger partial charge in [0, 0.05) is 7.11 Å². The maximum Gasteiger partial charge on any atom is 0.344 e. The maximum absolute atomic E-state index is 11.8. The van der Waals surface area contributed by atoms with E-state index >= 15 is 0 Å². The Hall–Kier alpha value is -4.78. The summed E-state index contributed by atoms with van der Waals surface area (Å²) in [5.41, 5.74) is 0.439. The Labute approximate surface area is 210 Å². The second kappa shape index (κ2) is 16.0. The van der Waals surface area contributed by atoms with Crippen molar-refractivity contribution in [1.82, 2.24) is 0 Å². The molecule has 0 aliphatic carbocycles. The molecule has 0 spiro atoms. The normalized spacial score (nSPS) is 9.68. The van der Waals surface area contributed by atoms with E-state index in [1.807, 2.05) is 0 Å². The van der Waals surface area contributed by atoms with Gasteiger partial charge in [-0.25, -0.2) is 28.8 Å². The van der Waals surface area contributed by atoms with Gasteiger partial charge in [0.2, 0.25) is 0 Å². The van der Waals surface area contributed by atoms with Gasteiger partial charge in [0.1, 0.15) is 6.61 Å². The quantitative estimate of drug-likeness (QED) is 0.246. The first kappa shape index (κ1) is 30.3. The summed E-state index contributed by atoms with van der Waals surface area (Å²) in [6, 6.07) is 10.3. The van der Waals surface area contributed by atoms with Gasteiger partial charge in [-0.3, -0.25) is 0 Å². The Morgan fingerprint density at radius 1 is 0.568 bits per heavy atom. The molecule has 0 unspecified atom stereocenters. The molecular weight excluding hydrogens is 496 g/mol. The van der Waals surface area contributed by atoms with Crippen LogP contribution in [-0.4, -0.2) is 86.7 Å². The standard InChI is InChI=1S/C16H18O9.C8H6O4/c1-21-7-8-23-14(18)10-25-16(20)12-5-3-11(4-6-12)15(19)24-9-13(17)22-2;9-7(10)5-1-2-6(4-3-5)8(11)12/h3-6H,7-10H2,1-2H3;1-4H,(H,9,10)(H,11,12). The van der Waals surface area contributed by atoms with Gasteiger partial charge in [0.15, 0.2) is 13.2 Å². The minimum atomic E-state index is -1.06. The lowest BCUT2D eigenvalue weighted by atomic mass is 10.1. The Morgan fingerprint density at radius 2 is 0.946 bits per heavy atom. The number of carboxylic acids is 2. The summed E-state index contributed by atoms with van der Waals surface area (Å²) in [6.45, 7) is -0.738. The number of esters is 4. The van der Waals surface area contributed by atoms with E-state index in [0.29, 0.717) is 0 Å². The number of carboxylic acid groups (broad SMARTS) is 2. The van der Waals surface area contributed by atoms with Crippen LogP contribution in [-0.2, 0) is 33.3 Å². The molecule has 0 aromatic heterocycles. The van der Waals surface area contributed by atoms with Crippen LogP contribution in [0.2, 0.25) is 0 Å². The van der Waals surface area contributed by atoms with Crippen LogP contribution >= 0.6 is 0 Å². The van der Waals surface area contributed by atoms with Crippen LogP contribution in [0.4, 0.5) is 0 Å². The number of carbonyl (C=O) groups is 6. The molecule has 2 rings (SSSR count). The van der Waals surface area contributed by atoms with Crippen molar-refractivity contribution >= 4 is 35.8 Å². The first-order chi connectivity index (χ1) is 17.6. The molecule has 13 heteroatoms. The van der Waals surface area contributed by atoms with Gasteiger partial charge in [-0.1, -0.05) is 0 Å². The van der Waals surface area contributed by atoms with E-state index in [4.69, 9.17) is 29.2 Å². The smallest absolute Gasteiger partial charge is 0.344 e. The molecule has 0 bridgehead atoms. The van der Waals surface area contributed by atoms with Gasteiger partial charge in [0.25, 0.3) is 0 Å². The lowest BCUT2D eigenvalue weighted by Crippen LogP contribution is -2.18. The number of rotatable bonds is 11. The summed E-state index contributed by atoms with van der Waals surface area (Å²) in [7, 11) is 2.63. The average molecular weight is 520 g/mol. The van der Waals surface area contributed by atoms with Crippen LogP contribution in [0.1, 0.15) is 41.4 Å². The number of ether oxygens (including phenoxy) is 5. The Morgan fingerprint density at radius 3 is 1.30 bits per heavy atom. The lowest BCUT2D eigenvalue weighted by molar-refractivity contribution is -0.148. The fraction of sp³-hybridized carbons (Fsp3) is 0.250. The summed E-state index contributed by atoms with van der Waals surface area (Å²) in [5.74, 6) is -5.01. The highest BCUT2D eigenvalue weighted by Crippen LogP contribution is 2.08. The minimum Gasteiger partial charge on any atom is -0.478 e. The van der Waals surface area contributed by atoms with Crippen molar-refractivity contribution < 1.29 is 62.7 Å². The third-order valence-corrected chi connectivity index (χ3v) is 4.16.